The Kier molecular flexibility index (Phi) is 4.43. The van der Waals surface area contributed by atoms with E-state index in [0.717, 1.165) is 12.1 Å². The lowest BCUT2D eigenvalue weighted by atomic mass is 10.0. The number of benzene rings is 1. The van der Waals surface area contributed by atoms with Gasteiger partial charge in [-0.1, -0.05) is 12.1 Å². The Balaban J connectivity index is 2.25. The van der Waals surface area contributed by atoms with Crippen molar-refractivity contribution in [3.63, 3.8) is 0 Å². The fourth-order valence-electron chi connectivity index (χ4n) is 2.13. The quantitative estimate of drug-likeness (QED) is 0.894. The van der Waals surface area contributed by atoms with Crippen LogP contribution in [0, 0.1) is 0 Å². The minimum absolute atomic E-state index is 0.105. The number of cyclic esters (lactones) is 1. The maximum atomic E-state index is 12.7. The first-order chi connectivity index (χ1) is 10.3. The van der Waals surface area contributed by atoms with Crippen molar-refractivity contribution < 1.29 is 32.6 Å². The molecule has 1 aromatic rings. The summed E-state index contributed by atoms with van der Waals surface area (Å²) in [6.45, 7) is 0.323. The van der Waals surface area contributed by atoms with Crippen LogP contribution in [0.15, 0.2) is 24.3 Å². The predicted octanol–water partition coefficient (Wildman–Crippen LogP) is 2.47. The molecule has 2 N–H and O–H groups in total. The average molecular weight is 318 g/mol. The van der Waals surface area contributed by atoms with Gasteiger partial charge in [0.1, 0.15) is 6.61 Å². The van der Waals surface area contributed by atoms with Gasteiger partial charge >= 0.3 is 18.4 Å². The number of carbonyl (C=O) groups excluding carboxylic acids is 1. The number of hydrogen-bond donors (Lipinski definition) is 2. The van der Waals surface area contributed by atoms with Crippen LogP contribution < -0.4 is 5.32 Å². The molecule has 120 valence electrons. The SMILES string of the molecule is O=C(O)NC(CN1CCOC1=O)c1cccc(C(F)(F)F)c1. The number of alkyl halides is 3. The van der Waals surface area contributed by atoms with Crippen LogP contribution in [0.1, 0.15) is 17.2 Å². The largest absolute Gasteiger partial charge is 0.465 e. The zero-order valence-corrected chi connectivity index (χ0v) is 11.3. The topological polar surface area (TPSA) is 78.9 Å². The molecule has 1 fully saturated rings. The Hall–Kier alpha value is -2.45. The zero-order chi connectivity index (χ0) is 16.3. The molecule has 0 radical (unpaired) electrons. The number of carboxylic acid groups (broad SMARTS) is 1. The molecule has 2 rings (SSSR count). The van der Waals surface area contributed by atoms with Crippen LogP contribution in [0.3, 0.4) is 0 Å². The Labute approximate surface area is 123 Å². The van der Waals surface area contributed by atoms with E-state index in [9.17, 15) is 22.8 Å². The lowest BCUT2D eigenvalue weighted by molar-refractivity contribution is -0.137. The van der Waals surface area contributed by atoms with E-state index in [-0.39, 0.29) is 25.3 Å². The van der Waals surface area contributed by atoms with Crippen LogP contribution in [0.4, 0.5) is 22.8 Å². The number of nitrogens with one attached hydrogen (secondary N) is 1. The first-order valence-corrected chi connectivity index (χ1v) is 6.35. The molecule has 9 heteroatoms. The molecule has 1 unspecified atom stereocenters. The summed E-state index contributed by atoms with van der Waals surface area (Å²) in [7, 11) is 0. The first-order valence-electron chi connectivity index (χ1n) is 6.35. The van der Waals surface area contributed by atoms with Crippen molar-refractivity contribution in [2.75, 3.05) is 19.7 Å². The Morgan fingerprint density at radius 3 is 2.73 bits per heavy atom. The number of hydrogen-bond acceptors (Lipinski definition) is 3. The summed E-state index contributed by atoms with van der Waals surface area (Å²) in [5.41, 5.74) is -0.761. The van der Waals surface area contributed by atoms with Crippen LogP contribution in [-0.2, 0) is 10.9 Å². The van der Waals surface area contributed by atoms with E-state index in [2.05, 4.69) is 5.32 Å². The van der Waals surface area contributed by atoms with Gasteiger partial charge < -0.3 is 20.1 Å². The lowest BCUT2D eigenvalue weighted by Crippen LogP contribution is -2.38. The highest BCUT2D eigenvalue weighted by molar-refractivity contribution is 5.70. The summed E-state index contributed by atoms with van der Waals surface area (Å²) in [5, 5.41) is 11.0. The Bertz CT molecular complexity index is 577. The molecule has 1 aromatic carbocycles. The number of nitrogens with zero attached hydrogens (tertiary/aromatic N) is 1. The fourth-order valence-corrected chi connectivity index (χ4v) is 2.13. The molecular formula is C13H13F3N2O4. The highest BCUT2D eigenvalue weighted by Gasteiger charge is 2.32. The normalized spacial score (nSPS) is 16.3. The number of halogens is 3. The van der Waals surface area contributed by atoms with Gasteiger partial charge in [0.25, 0.3) is 0 Å². The standard InChI is InChI=1S/C13H13F3N2O4/c14-13(15,16)9-3-1-2-8(6-9)10(17-11(19)20)7-18-4-5-22-12(18)21/h1-3,6,10,17H,4-5,7H2,(H,19,20). The molecule has 0 saturated carbocycles. The van der Waals surface area contributed by atoms with Crippen LogP contribution >= 0.6 is 0 Å². The molecule has 0 spiro atoms. The van der Waals surface area contributed by atoms with E-state index in [0.29, 0.717) is 0 Å². The lowest BCUT2D eigenvalue weighted by Gasteiger charge is -2.23. The Morgan fingerprint density at radius 1 is 1.45 bits per heavy atom. The molecule has 0 bridgehead atoms. The molecule has 22 heavy (non-hydrogen) atoms. The van der Waals surface area contributed by atoms with Crippen molar-refractivity contribution in [2.45, 2.75) is 12.2 Å². The van der Waals surface area contributed by atoms with E-state index >= 15 is 0 Å². The molecule has 0 aliphatic carbocycles. The van der Waals surface area contributed by atoms with Gasteiger partial charge in [-0.25, -0.2) is 9.59 Å². The first kappa shape index (κ1) is 15.9. The third kappa shape index (κ3) is 3.80. The third-order valence-corrected chi connectivity index (χ3v) is 3.16. The monoisotopic (exact) mass is 318 g/mol. The summed E-state index contributed by atoms with van der Waals surface area (Å²) >= 11 is 0. The van der Waals surface area contributed by atoms with Gasteiger partial charge in [-0.2, -0.15) is 13.2 Å². The highest BCUT2D eigenvalue weighted by Crippen LogP contribution is 2.31. The minimum atomic E-state index is -4.53. The Morgan fingerprint density at radius 2 is 2.18 bits per heavy atom. The number of carbonyl (C=O) groups is 2. The predicted molar refractivity (Wildman–Crippen MR) is 68.3 cm³/mol. The van der Waals surface area contributed by atoms with Crippen molar-refractivity contribution in [3.05, 3.63) is 35.4 Å². The van der Waals surface area contributed by atoms with Crippen molar-refractivity contribution in [1.29, 1.82) is 0 Å². The molecule has 1 atom stereocenters. The number of ether oxygens (including phenoxy) is 1. The van der Waals surface area contributed by atoms with E-state index in [1.807, 2.05) is 0 Å². The molecule has 2 amide bonds. The molecular weight excluding hydrogens is 305 g/mol. The van der Waals surface area contributed by atoms with E-state index < -0.39 is 30.0 Å². The van der Waals surface area contributed by atoms with Crippen molar-refractivity contribution in [2.24, 2.45) is 0 Å². The van der Waals surface area contributed by atoms with Gasteiger partial charge in [-0.05, 0) is 17.7 Å². The van der Waals surface area contributed by atoms with Crippen LogP contribution in [0.2, 0.25) is 0 Å². The maximum absolute atomic E-state index is 12.7. The summed E-state index contributed by atoms with van der Waals surface area (Å²) < 4.78 is 42.9. The average Bonchev–Trinajstić information content (AvgIpc) is 2.82. The maximum Gasteiger partial charge on any atom is 0.416 e. The van der Waals surface area contributed by atoms with E-state index in [1.165, 1.54) is 17.0 Å². The number of amides is 2. The van der Waals surface area contributed by atoms with Gasteiger partial charge in [0, 0.05) is 6.54 Å². The van der Waals surface area contributed by atoms with Crippen molar-refractivity contribution in [3.8, 4) is 0 Å². The van der Waals surface area contributed by atoms with E-state index in [4.69, 9.17) is 9.84 Å². The van der Waals surface area contributed by atoms with Crippen LogP contribution in [0.25, 0.3) is 0 Å². The third-order valence-electron chi connectivity index (χ3n) is 3.16. The fraction of sp³-hybridized carbons (Fsp3) is 0.385. The van der Waals surface area contributed by atoms with Crippen LogP contribution in [0.5, 0.6) is 0 Å². The second-order valence-corrected chi connectivity index (χ2v) is 4.69. The summed E-state index contributed by atoms with van der Waals surface area (Å²) in [5.74, 6) is 0. The van der Waals surface area contributed by atoms with Crippen LogP contribution in [-0.4, -0.2) is 41.9 Å². The van der Waals surface area contributed by atoms with Crippen molar-refractivity contribution >= 4 is 12.2 Å². The van der Waals surface area contributed by atoms with Crippen molar-refractivity contribution in [1.82, 2.24) is 10.2 Å². The summed E-state index contributed by atoms with van der Waals surface area (Å²) in [4.78, 5) is 23.5. The molecule has 1 aliphatic rings. The zero-order valence-electron chi connectivity index (χ0n) is 11.3. The van der Waals surface area contributed by atoms with E-state index in [1.54, 1.807) is 0 Å². The minimum Gasteiger partial charge on any atom is -0.465 e. The molecule has 0 aromatic heterocycles. The molecule has 1 aliphatic heterocycles. The van der Waals surface area contributed by atoms with Gasteiger partial charge in [-0.15, -0.1) is 0 Å². The molecule has 6 nitrogen and oxygen atoms in total. The summed E-state index contributed by atoms with van der Waals surface area (Å²) in [6.07, 6.45) is -6.55. The molecule has 1 saturated heterocycles. The van der Waals surface area contributed by atoms with Gasteiger partial charge in [0.05, 0.1) is 18.2 Å². The van der Waals surface area contributed by atoms with Gasteiger partial charge in [0.2, 0.25) is 0 Å². The second kappa shape index (κ2) is 6.12. The van der Waals surface area contributed by atoms with Gasteiger partial charge in [-0.3, -0.25) is 0 Å². The van der Waals surface area contributed by atoms with Gasteiger partial charge in [0.15, 0.2) is 0 Å². The number of rotatable bonds is 4. The second-order valence-electron chi connectivity index (χ2n) is 4.69. The molecule has 1 heterocycles. The smallest absolute Gasteiger partial charge is 0.416 e. The summed E-state index contributed by atoms with van der Waals surface area (Å²) in [6, 6.07) is 3.34. The highest BCUT2D eigenvalue weighted by atomic mass is 19.4.